The zero-order valence-corrected chi connectivity index (χ0v) is 9.09. The van der Waals surface area contributed by atoms with Gasteiger partial charge in [-0.1, -0.05) is 11.6 Å². The molecule has 0 fully saturated rings. The Kier molecular flexibility index (Phi) is 2.89. The maximum Gasteiger partial charge on any atom is 0.270 e. The first-order valence-corrected chi connectivity index (χ1v) is 4.58. The van der Waals surface area contributed by atoms with Gasteiger partial charge in [-0.3, -0.25) is 10.1 Å². The fourth-order valence-corrected chi connectivity index (χ4v) is 1.67. The highest BCUT2D eigenvalue weighted by atomic mass is 127. The zero-order valence-electron chi connectivity index (χ0n) is 6.17. The van der Waals surface area contributed by atoms with Crippen molar-refractivity contribution in [2.75, 3.05) is 0 Å². The number of nitrogens with zero attached hydrogens (tertiary/aromatic N) is 1. The standard InChI is InChI=1S/C7H5ClINO2/c1-4-2-5(10(11)12)3-6(9)7(4)8/h2-3H,1H3. The van der Waals surface area contributed by atoms with Crippen LogP contribution in [-0.2, 0) is 0 Å². The van der Waals surface area contributed by atoms with E-state index in [4.69, 9.17) is 11.6 Å². The summed E-state index contributed by atoms with van der Waals surface area (Å²) in [5, 5.41) is 11.0. The minimum atomic E-state index is -0.425. The third-order valence-electron chi connectivity index (χ3n) is 1.41. The van der Waals surface area contributed by atoms with Crippen molar-refractivity contribution in [3.63, 3.8) is 0 Å². The van der Waals surface area contributed by atoms with Crippen LogP contribution < -0.4 is 0 Å². The average Bonchev–Trinajstić information content (AvgIpc) is 1.99. The molecule has 0 aliphatic rings. The topological polar surface area (TPSA) is 43.1 Å². The number of nitro groups is 1. The quantitative estimate of drug-likeness (QED) is 0.454. The molecule has 12 heavy (non-hydrogen) atoms. The van der Waals surface area contributed by atoms with Crippen LogP contribution in [0, 0.1) is 20.6 Å². The summed E-state index contributed by atoms with van der Waals surface area (Å²) >= 11 is 7.80. The van der Waals surface area contributed by atoms with Crippen molar-refractivity contribution < 1.29 is 4.92 Å². The Morgan fingerprint density at radius 3 is 2.58 bits per heavy atom. The molecule has 1 rings (SSSR count). The Morgan fingerprint density at radius 2 is 2.17 bits per heavy atom. The van der Waals surface area contributed by atoms with Crippen molar-refractivity contribution in [2.24, 2.45) is 0 Å². The number of benzene rings is 1. The van der Waals surface area contributed by atoms with E-state index < -0.39 is 4.92 Å². The molecule has 64 valence electrons. The van der Waals surface area contributed by atoms with E-state index in [2.05, 4.69) is 0 Å². The summed E-state index contributed by atoms with van der Waals surface area (Å²) in [6.45, 7) is 1.75. The summed E-state index contributed by atoms with van der Waals surface area (Å²) in [5.74, 6) is 0. The Labute approximate surface area is 88.0 Å². The molecule has 0 aliphatic heterocycles. The van der Waals surface area contributed by atoms with Crippen LogP contribution in [-0.4, -0.2) is 4.92 Å². The maximum absolute atomic E-state index is 10.4. The van der Waals surface area contributed by atoms with Crippen LogP contribution in [0.25, 0.3) is 0 Å². The summed E-state index contributed by atoms with van der Waals surface area (Å²) < 4.78 is 0.709. The van der Waals surface area contributed by atoms with Gasteiger partial charge in [0.15, 0.2) is 0 Å². The van der Waals surface area contributed by atoms with Crippen molar-refractivity contribution in [1.82, 2.24) is 0 Å². The molecule has 0 N–H and O–H groups in total. The first kappa shape index (κ1) is 9.73. The smallest absolute Gasteiger partial charge is 0.258 e. The molecular weight excluding hydrogens is 292 g/mol. The third-order valence-corrected chi connectivity index (χ3v) is 3.08. The Hall–Kier alpha value is -0.360. The maximum atomic E-state index is 10.4. The number of hydrogen-bond donors (Lipinski definition) is 0. The Morgan fingerprint density at radius 1 is 1.58 bits per heavy atom. The molecule has 0 saturated heterocycles. The van der Waals surface area contributed by atoms with Crippen LogP contribution >= 0.6 is 34.2 Å². The lowest BCUT2D eigenvalue weighted by Crippen LogP contribution is -1.90. The van der Waals surface area contributed by atoms with Gasteiger partial charge in [0.2, 0.25) is 0 Å². The highest BCUT2D eigenvalue weighted by Gasteiger charge is 2.10. The first-order chi connectivity index (χ1) is 5.52. The van der Waals surface area contributed by atoms with Gasteiger partial charge in [-0.15, -0.1) is 0 Å². The van der Waals surface area contributed by atoms with E-state index in [-0.39, 0.29) is 5.69 Å². The van der Waals surface area contributed by atoms with Gasteiger partial charge < -0.3 is 0 Å². The monoisotopic (exact) mass is 297 g/mol. The summed E-state index contributed by atoms with van der Waals surface area (Å²) in [6.07, 6.45) is 0. The molecular formula is C7H5ClINO2. The highest BCUT2D eigenvalue weighted by Crippen LogP contribution is 2.27. The van der Waals surface area contributed by atoms with E-state index in [0.717, 1.165) is 5.56 Å². The lowest BCUT2D eigenvalue weighted by atomic mass is 10.2. The normalized spacial score (nSPS) is 9.92. The molecule has 0 bridgehead atoms. The zero-order chi connectivity index (χ0) is 9.30. The summed E-state index contributed by atoms with van der Waals surface area (Å²) in [7, 11) is 0. The van der Waals surface area contributed by atoms with Gasteiger partial charge in [0.05, 0.1) is 9.95 Å². The number of nitro benzene ring substituents is 1. The van der Waals surface area contributed by atoms with Gasteiger partial charge in [-0.25, -0.2) is 0 Å². The van der Waals surface area contributed by atoms with Crippen LogP contribution in [0.15, 0.2) is 12.1 Å². The largest absolute Gasteiger partial charge is 0.270 e. The average molecular weight is 297 g/mol. The summed E-state index contributed by atoms with van der Waals surface area (Å²) in [6, 6.07) is 2.92. The Bertz CT molecular complexity index is 317. The van der Waals surface area contributed by atoms with Gasteiger partial charge in [-0.05, 0) is 35.1 Å². The number of halogens is 2. The van der Waals surface area contributed by atoms with Crippen LogP contribution in [0.1, 0.15) is 5.56 Å². The highest BCUT2D eigenvalue weighted by molar-refractivity contribution is 14.1. The fraction of sp³-hybridized carbons (Fsp3) is 0.143. The van der Waals surface area contributed by atoms with Gasteiger partial charge >= 0.3 is 0 Å². The minimum Gasteiger partial charge on any atom is -0.258 e. The van der Waals surface area contributed by atoms with Crippen molar-refractivity contribution in [1.29, 1.82) is 0 Å². The van der Waals surface area contributed by atoms with Gasteiger partial charge in [0.1, 0.15) is 0 Å². The molecule has 0 aromatic heterocycles. The second kappa shape index (κ2) is 3.57. The molecule has 0 amide bonds. The van der Waals surface area contributed by atoms with E-state index in [1.165, 1.54) is 12.1 Å². The van der Waals surface area contributed by atoms with Crippen molar-refractivity contribution >= 4 is 39.9 Å². The predicted octanol–water partition coefficient (Wildman–Crippen LogP) is 3.16. The van der Waals surface area contributed by atoms with E-state index in [9.17, 15) is 10.1 Å². The molecule has 5 heteroatoms. The van der Waals surface area contributed by atoms with Crippen molar-refractivity contribution in [3.05, 3.63) is 36.4 Å². The van der Waals surface area contributed by atoms with Crippen LogP contribution in [0.2, 0.25) is 5.02 Å². The van der Waals surface area contributed by atoms with E-state index in [1.807, 2.05) is 22.6 Å². The fourth-order valence-electron chi connectivity index (χ4n) is 0.814. The second-order valence-electron chi connectivity index (χ2n) is 2.32. The molecule has 3 nitrogen and oxygen atoms in total. The predicted molar refractivity (Wildman–Crippen MR) is 55.6 cm³/mol. The van der Waals surface area contributed by atoms with Crippen molar-refractivity contribution in [2.45, 2.75) is 6.92 Å². The molecule has 0 spiro atoms. The molecule has 0 heterocycles. The molecule has 0 radical (unpaired) electrons. The van der Waals surface area contributed by atoms with Gasteiger partial charge in [0.25, 0.3) is 5.69 Å². The SMILES string of the molecule is Cc1cc([N+](=O)[O-])cc(I)c1Cl. The van der Waals surface area contributed by atoms with E-state index in [1.54, 1.807) is 6.92 Å². The van der Waals surface area contributed by atoms with Crippen LogP contribution in [0.5, 0.6) is 0 Å². The van der Waals surface area contributed by atoms with E-state index in [0.29, 0.717) is 8.59 Å². The molecule has 0 saturated carbocycles. The first-order valence-electron chi connectivity index (χ1n) is 3.12. The van der Waals surface area contributed by atoms with Gasteiger partial charge in [0, 0.05) is 15.7 Å². The van der Waals surface area contributed by atoms with Gasteiger partial charge in [-0.2, -0.15) is 0 Å². The molecule has 0 unspecified atom stereocenters. The number of non-ortho nitro benzene ring substituents is 1. The lowest BCUT2D eigenvalue weighted by Gasteiger charge is -1.99. The Balaban J connectivity index is 3.31. The summed E-state index contributed by atoms with van der Waals surface area (Å²) in [4.78, 5) is 9.95. The minimum absolute atomic E-state index is 0.0845. The van der Waals surface area contributed by atoms with Crippen LogP contribution in [0.4, 0.5) is 5.69 Å². The van der Waals surface area contributed by atoms with E-state index >= 15 is 0 Å². The lowest BCUT2D eigenvalue weighted by molar-refractivity contribution is -0.385. The van der Waals surface area contributed by atoms with Crippen LogP contribution in [0.3, 0.4) is 0 Å². The molecule has 0 atom stereocenters. The molecule has 1 aromatic carbocycles. The summed E-state index contributed by atoms with van der Waals surface area (Å²) in [5.41, 5.74) is 0.816. The number of aryl methyl sites for hydroxylation is 1. The number of hydrogen-bond acceptors (Lipinski definition) is 2. The van der Waals surface area contributed by atoms with Crippen molar-refractivity contribution in [3.8, 4) is 0 Å². The number of rotatable bonds is 1. The third kappa shape index (κ3) is 1.87. The second-order valence-corrected chi connectivity index (χ2v) is 3.86. The molecule has 1 aromatic rings. The molecule has 0 aliphatic carbocycles.